The minimum Gasteiger partial charge on any atom is -0.379 e. The third-order valence-corrected chi connectivity index (χ3v) is 3.98. The summed E-state index contributed by atoms with van der Waals surface area (Å²) >= 11 is 1.64. The molecule has 1 fully saturated rings. The van der Waals surface area contributed by atoms with Crippen molar-refractivity contribution in [3.05, 3.63) is 10.9 Å². The highest BCUT2D eigenvalue weighted by Gasteiger charge is 2.17. The Morgan fingerprint density at radius 3 is 3.17 bits per heavy atom. The molecule has 1 atom stereocenters. The minimum atomic E-state index is 0.316. The summed E-state index contributed by atoms with van der Waals surface area (Å²) in [5, 5.41) is 4.48. The SMILES string of the molecule is Cc1cc2c(NC3CCCOC3)nc(N)nc2s1. The number of thiophene rings is 1. The van der Waals surface area contributed by atoms with Crippen LogP contribution in [0.3, 0.4) is 0 Å². The van der Waals surface area contributed by atoms with Gasteiger partial charge in [0.25, 0.3) is 0 Å². The number of rotatable bonds is 2. The van der Waals surface area contributed by atoms with Gasteiger partial charge in [0.2, 0.25) is 5.95 Å². The summed E-state index contributed by atoms with van der Waals surface area (Å²) in [4.78, 5) is 10.7. The first-order valence-corrected chi connectivity index (χ1v) is 6.92. The molecule has 0 spiro atoms. The maximum absolute atomic E-state index is 5.75. The van der Waals surface area contributed by atoms with Gasteiger partial charge in [0.15, 0.2) is 0 Å². The number of nitrogens with one attached hydrogen (secondary N) is 1. The Hall–Kier alpha value is -1.40. The van der Waals surface area contributed by atoms with E-state index in [4.69, 9.17) is 10.5 Å². The molecule has 0 saturated carbocycles. The number of aromatic nitrogens is 2. The third kappa shape index (κ3) is 2.26. The lowest BCUT2D eigenvalue weighted by molar-refractivity contribution is 0.0875. The van der Waals surface area contributed by atoms with Crippen LogP contribution in [0.5, 0.6) is 0 Å². The predicted molar refractivity (Wildman–Crippen MR) is 74.0 cm³/mol. The number of ether oxygens (including phenoxy) is 1. The van der Waals surface area contributed by atoms with E-state index in [2.05, 4.69) is 28.3 Å². The van der Waals surface area contributed by atoms with Crippen LogP contribution in [0.1, 0.15) is 17.7 Å². The first-order chi connectivity index (χ1) is 8.72. The van der Waals surface area contributed by atoms with Gasteiger partial charge in [-0.3, -0.25) is 0 Å². The fourth-order valence-corrected chi connectivity index (χ4v) is 3.10. The fraction of sp³-hybridized carbons (Fsp3) is 0.500. The summed E-state index contributed by atoms with van der Waals surface area (Å²) in [5.74, 6) is 1.15. The summed E-state index contributed by atoms with van der Waals surface area (Å²) in [5.41, 5.74) is 5.75. The number of hydrogen-bond acceptors (Lipinski definition) is 6. The van der Waals surface area contributed by atoms with Crippen LogP contribution in [0.2, 0.25) is 0 Å². The summed E-state index contributed by atoms with van der Waals surface area (Å²) in [7, 11) is 0. The molecule has 6 heteroatoms. The lowest BCUT2D eigenvalue weighted by atomic mass is 10.1. The van der Waals surface area contributed by atoms with Gasteiger partial charge in [0.1, 0.15) is 10.6 Å². The summed E-state index contributed by atoms with van der Waals surface area (Å²) in [6.07, 6.45) is 2.19. The van der Waals surface area contributed by atoms with E-state index in [-0.39, 0.29) is 0 Å². The third-order valence-electron chi connectivity index (χ3n) is 3.03. The Bertz CT molecular complexity index is 562. The number of hydrogen-bond donors (Lipinski definition) is 2. The summed E-state index contributed by atoms with van der Waals surface area (Å²) in [6, 6.07) is 2.42. The smallest absolute Gasteiger partial charge is 0.223 e. The van der Waals surface area contributed by atoms with Crippen molar-refractivity contribution < 1.29 is 4.74 Å². The molecule has 1 saturated heterocycles. The number of nitrogen functional groups attached to an aromatic ring is 1. The number of nitrogens with zero attached hydrogens (tertiary/aromatic N) is 2. The second-order valence-corrected chi connectivity index (χ2v) is 5.80. The molecule has 3 heterocycles. The zero-order chi connectivity index (χ0) is 12.5. The van der Waals surface area contributed by atoms with Crippen molar-refractivity contribution in [2.75, 3.05) is 24.3 Å². The van der Waals surface area contributed by atoms with E-state index in [0.717, 1.165) is 42.1 Å². The second-order valence-electron chi connectivity index (χ2n) is 4.56. The van der Waals surface area contributed by atoms with E-state index in [9.17, 15) is 0 Å². The normalized spacial score (nSPS) is 20.2. The van der Waals surface area contributed by atoms with Crippen molar-refractivity contribution in [2.45, 2.75) is 25.8 Å². The van der Waals surface area contributed by atoms with Gasteiger partial charge in [-0.25, -0.2) is 4.98 Å². The van der Waals surface area contributed by atoms with Crippen LogP contribution in [0.15, 0.2) is 6.07 Å². The van der Waals surface area contributed by atoms with Crippen molar-refractivity contribution in [3.63, 3.8) is 0 Å². The van der Waals surface area contributed by atoms with E-state index in [1.165, 1.54) is 4.88 Å². The quantitative estimate of drug-likeness (QED) is 0.869. The van der Waals surface area contributed by atoms with Gasteiger partial charge in [-0.1, -0.05) is 0 Å². The molecule has 1 aliphatic heterocycles. The Morgan fingerprint density at radius 1 is 1.50 bits per heavy atom. The van der Waals surface area contributed by atoms with Gasteiger partial charge in [0, 0.05) is 11.5 Å². The molecule has 0 aromatic carbocycles. The Kier molecular flexibility index (Phi) is 3.05. The van der Waals surface area contributed by atoms with Crippen LogP contribution in [0.4, 0.5) is 11.8 Å². The molecule has 0 bridgehead atoms. The maximum atomic E-state index is 5.75. The average Bonchev–Trinajstić information content (AvgIpc) is 2.71. The first-order valence-electron chi connectivity index (χ1n) is 6.10. The van der Waals surface area contributed by atoms with Crippen molar-refractivity contribution in [1.29, 1.82) is 0 Å². The van der Waals surface area contributed by atoms with Crippen molar-refractivity contribution in [3.8, 4) is 0 Å². The summed E-state index contributed by atoms with van der Waals surface area (Å²) in [6.45, 7) is 3.65. The molecular formula is C12H16N4OS. The Labute approximate surface area is 109 Å². The highest BCUT2D eigenvalue weighted by Crippen LogP contribution is 2.29. The highest BCUT2D eigenvalue weighted by atomic mass is 32.1. The highest BCUT2D eigenvalue weighted by molar-refractivity contribution is 7.18. The molecule has 1 aliphatic rings. The van der Waals surface area contributed by atoms with Gasteiger partial charge in [-0.05, 0) is 25.8 Å². The molecule has 1 unspecified atom stereocenters. The second kappa shape index (κ2) is 4.70. The van der Waals surface area contributed by atoms with Crippen LogP contribution in [-0.4, -0.2) is 29.2 Å². The fourth-order valence-electron chi connectivity index (χ4n) is 2.22. The maximum Gasteiger partial charge on any atom is 0.223 e. The van der Waals surface area contributed by atoms with E-state index >= 15 is 0 Å². The summed E-state index contributed by atoms with van der Waals surface area (Å²) < 4.78 is 5.47. The molecule has 96 valence electrons. The Morgan fingerprint density at radius 2 is 2.39 bits per heavy atom. The number of aryl methyl sites for hydroxylation is 1. The number of nitrogens with two attached hydrogens (primary N) is 1. The van der Waals surface area contributed by atoms with Crippen molar-refractivity contribution in [1.82, 2.24) is 9.97 Å². The van der Waals surface area contributed by atoms with Gasteiger partial charge < -0.3 is 15.8 Å². The lowest BCUT2D eigenvalue weighted by Gasteiger charge is -2.23. The number of fused-ring (bicyclic) bond motifs is 1. The minimum absolute atomic E-state index is 0.316. The predicted octanol–water partition coefficient (Wildman–Crippen LogP) is 2.17. The molecule has 0 aliphatic carbocycles. The molecule has 2 aromatic rings. The van der Waals surface area contributed by atoms with Gasteiger partial charge in [0.05, 0.1) is 18.0 Å². The van der Waals surface area contributed by atoms with Gasteiger partial charge >= 0.3 is 0 Å². The zero-order valence-corrected chi connectivity index (χ0v) is 11.1. The molecule has 18 heavy (non-hydrogen) atoms. The van der Waals surface area contributed by atoms with E-state index < -0.39 is 0 Å². The zero-order valence-electron chi connectivity index (χ0n) is 10.3. The van der Waals surface area contributed by atoms with Gasteiger partial charge in [-0.2, -0.15) is 4.98 Å². The van der Waals surface area contributed by atoms with Crippen molar-refractivity contribution >= 4 is 33.3 Å². The van der Waals surface area contributed by atoms with E-state index in [0.29, 0.717) is 12.0 Å². The first kappa shape index (κ1) is 11.7. The van der Waals surface area contributed by atoms with Crippen molar-refractivity contribution in [2.24, 2.45) is 0 Å². The van der Waals surface area contributed by atoms with E-state index in [1.54, 1.807) is 11.3 Å². The van der Waals surface area contributed by atoms with Crippen LogP contribution < -0.4 is 11.1 Å². The molecule has 0 radical (unpaired) electrons. The van der Waals surface area contributed by atoms with Crippen LogP contribution in [0, 0.1) is 6.92 Å². The molecular weight excluding hydrogens is 248 g/mol. The molecule has 0 amide bonds. The van der Waals surface area contributed by atoms with Crippen LogP contribution >= 0.6 is 11.3 Å². The lowest BCUT2D eigenvalue weighted by Crippen LogP contribution is -2.30. The van der Waals surface area contributed by atoms with E-state index in [1.807, 2.05) is 0 Å². The van der Waals surface area contributed by atoms with Gasteiger partial charge in [-0.15, -0.1) is 11.3 Å². The van der Waals surface area contributed by atoms with Crippen LogP contribution in [-0.2, 0) is 4.74 Å². The molecule has 2 aromatic heterocycles. The molecule has 3 N–H and O–H groups in total. The largest absolute Gasteiger partial charge is 0.379 e. The average molecular weight is 264 g/mol. The number of anilines is 2. The van der Waals surface area contributed by atoms with Crippen LogP contribution in [0.25, 0.3) is 10.2 Å². The monoisotopic (exact) mass is 264 g/mol. The molecule has 3 rings (SSSR count). The standard InChI is InChI=1S/C12H16N4OS/c1-7-5-9-10(14-8-3-2-4-17-6-8)15-12(13)16-11(9)18-7/h5,8H,2-4,6H2,1H3,(H3,13,14,15,16). The molecule has 5 nitrogen and oxygen atoms in total. The topological polar surface area (TPSA) is 73.1 Å². The Balaban J connectivity index is 1.94.